The van der Waals surface area contributed by atoms with E-state index in [1.807, 2.05) is 4.57 Å². The second kappa shape index (κ2) is 8.40. The zero-order valence-corrected chi connectivity index (χ0v) is 13.7. The number of piperidine rings is 1. The number of likely N-dealkylation sites (tertiary alicyclic amines) is 1. The van der Waals surface area contributed by atoms with Crippen LogP contribution in [0.3, 0.4) is 0 Å². The van der Waals surface area contributed by atoms with Gasteiger partial charge in [-0.2, -0.15) is 0 Å². The molecule has 2 aliphatic heterocycles. The summed E-state index contributed by atoms with van der Waals surface area (Å²) < 4.78 is 7.32. The van der Waals surface area contributed by atoms with Crippen molar-refractivity contribution in [3.8, 4) is 0 Å². The average Bonchev–Trinajstić information content (AvgIpc) is 3.13. The van der Waals surface area contributed by atoms with E-state index in [0.717, 1.165) is 71.6 Å². The minimum atomic E-state index is 0.160. The fourth-order valence-corrected chi connectivity index (χ4v) is 3.36. The average molecular weight is 321 g/mol. The molecule has 7 heteroatoms. The molecule has 2 fully saturated rings. The van der Waals surface area contributed by atoms with Gasteiger partial charge in [-0.1, -0.05) is 0 Å². The van der Waals surface area contributed by atoms with Crippen molar-refractivity contribution in [1.29, 1.82) is 0 Å². The highest BCUT2D eigenvalue weighted by Crippen LogP contribution is 2.18. The lowest BCUT2D eigenvalue weighted by molar-refractivity contribution is -0.128. The molecule has 2 saturated heterocycles. The molecule has 7 nitrogen and oxygen atoms in total. The maximum atomic E-state index is 12.1. The quantitative estimate of drug-likeness (QED) is 0.828. The van der Waals surface area contributed by atoms with Gasteiger partial charge in [0, 0.05) is 38.8 Å². The van der Waals surface area contributed by atoms with Crippen LogP contribution in [0.5, 0.6) is 0 Å². The van der Waals surface area contributed by atoms with E-state index in [4.69, 9.17) is 4.74 Å². The molecule has 1 aromatic rings. The zero-order chi connectivity index (χ0) is 15.9. The lowest BCUT2D eigenvalue weighted by Gasteiger charge is -2.32. The first kappa shape index (κ1) is 16.4. The van der Waals surface area contributed by atoms with Gasteiger partial charge in [0.2, 0.25) is 5.91 Å². The van der Waals surface area contributed by atoms with Gasteiger partial charge in [-0.3, -0.25) is 4.79 Å². The first-order chi connectivity index (χ1) is 11.3. The first-order valence-corrected chi connectivity index (χ1v) is 8.71. The third kappa shape index (κ3) is 5.00. The highest BCUT2D eigenvalue weighted by atomic mass is 16.5. The molecular weight excluding hydrogens is 294 g/mol. The van der Waals surface area contributed by atoms with Crippen LogP contribution in [-0.2, 0) is 16.1 Å². The number of amides is 1. The molecule has 1 amide bonds. The van der Waals surface area contributed by atoms with Crippen LogP contribution in [-0.4, -0.2) is 65.0 Å². The maximum Gasteiger partial charge on any atom is 0.223 e. The Morgan fingerprint density at radius 1 is 1.09 bits per heavy atom. The minimum Gasteiger partial charge on any atom is -0.381 e. The number of nitrogens with zero attached hydrogens (tertiary/aromatic N) is 4. The van der Waals surface area contributed by atoms with Gasteiger partial charge in [0.1, 0.15) is 12.7 Å². The van der Waals surface area contributed by atoms with Crippen LogP contribution < -0.4 is 5.32 Å². The van der Waals surface area contributed by atoms with E-state index in [9.17, 15) is 4.79 Å². The van der Waals surface area contributed by atoms with E-state index in [-0.39, 0.29) is 11.8 Å². The van der Waals surface area contributed by atoms with Gasteiger partial charge in [0.05, 0.1) is 0 Å². The van der Waals surface area contributed by atoms with E-state index in [2.05, 4.69) is 20.4 Å². The number of rotatable bonds is 6. The van der Waals surface area contributed by atoms with Gasteiger partial charge in [-0.05, 0) is 44.7 Å². The summed E-state index contributed by atoms with van der Waals surface area (Å²) in [6, 6.07) is 0. The van der Waals surface area contributed by atoms with Gasteiger partial charge < -0.3 is 19.5 Å². The zero-order valence-electron chi connectivity index (χ0n) is 13.7. The molecule has 0 saturated carbocycles. The minimum absolute atomic E-state index is 0.160. The lowest BCUT2D eigenvalue weighted by atomic mass is 9.95. The fraction of sp³-hybridized carbons (Fsp3) is 0.812. The largest absolute Gasteiger partial charge is 0.381 e. The van der Waals surface area contributed by atoms with E-state index in [1.165, 1.54) is 0 Å². The van der Waals surface area contributed by atoms with Crippen molar-refractivity contribution < 1.29 is 9.53 Å². The van der Waals surface area contributed by atoms with E-state index >= 15 is 0 Å². The van der Waals surface area contributed by atoms with Crippen LogP contribution in [0.2, 0.25) is 0 Å². The third-order valence-electron chi connectivity index (χ3n) is 5.01. The lowest BCUT2D eigenvalue weighted by Crippen LogP contribution is -2.41. The van der Waals surface area contributed by atoms with E-state index in [0.29, 0.717) is 5.92 Å². The van der Waals surface area contributed by atoms with Crippen LogP contribution in [0.15, 0.2) is 12.7 Å². The molecule has 0 aliphatic carbocycles. The van der Waals surface area contributed by atoms with Gasteiger partial charge >= 0.3 is 0 Å². The number of hydrogen-bond acceptors (Lipinski definition) is 5. The summed E-state index contributed by atoms with van der Waals surface area (Å²) in [7, 11) is 0. The molecule has 0 bridgehead atoms. The Kier molecular flexibility index (Phi) is 5.99. The number of nitrogens with one attached hydrogen (secondary N) is 1. The predicted octanol–water partition coefficient (Wildman–Crippen LogP) is 0.533. The van der Waals surface area contributed by atoms with Crippen molar-refractivity contribution in [3.05, 3.63) is 12.7 Å². The number of hydrogen-bond donors (Lipinski definition) is 1. The second-order valence-electron chi connectivity index (χ2n) is 6.62. The van der Waals surface area contributed by atoms with Crippen LogP contribution in [0, 0.1) is 11.8 Å². The highest BCUT2D eigenvalue weighted by molar-refractivity contribution is 5.78. The molecule has 0 spiro atoms. The standard InChI is InChI=1S/C16H27N5O2/c22-16(15-3-9-23-10-4-15)17-11-14-1-5-20(6-2-14)7-8-21-12-18-19-13-21/h12-15H,1-11H2,(H,17,22). The number of carbonyl (C=O) groups is 1. The van der Waals surface area contributed by atoms with Gasteiger partial charge in [0.25, 0.3) is 0 Å². The molecule has 0 atom stereocenters. The Labute approximate surface area is 137 Å². The van der Waals surface area contributed by atoms with Crippen LogP contribution in [0.1, 0.15) is 25.7 Å². The molecule has 3 rings (SSSR count). The summed E-state index contributed by atoms with van der Waals surface area (Å²) in [4.78, 5) is 14.6. The smallest absolute Gasteiger partial charge is 0.223 e. The first-order valence-electron chi connectivity index (χ1n) is 8.71. The van der Waals surface area contributed by atoms with Crippen molar-refractivity contribution in [2.75, 3.05) is 39.4 Å². The summed E-state index contributed by atoms with van der Waals surface area (Å²) in [5, 5.41) is 10.8. The van der Waals surface area contributed by atoms with E-state index in [1.54, 1.807) is 12.7 Å². The Morgan fingerprint density at radius 3 is 2.48 bits per heavy atom. The molecule has 1 aromatic heterocycles. The Hall–Kier alpha value is -1.47. The SMILES string of the molecule is O=C(NCC1CCN(CCn2cnnc2)CC1)C1CCOCC1. The summed E-state index contributed by atoms with van der Waals surface area (Å²) in [6.45, 7) is 6.48. The summed E-state index contributed by atoms with van der Waals surface area (Å²) in [6.07, 6.45) is 7.59. The van der Waals surface area contributed by atoms with Crippen LogP contribution in [0.4, 0.5) is 0 Å². The Balaban J connectivity index is 1.30. The van der Waals surface area contributed by atoms with Crippen molar-refractivity contribution in [3.63, 3.8) is 0 Å². The molecule has 128 valence electrons. The monoisotopic (exact) mass is 321 g/mol. The highest BCUT2D eigenvalue weighted by Gasteiger charge is 2.23. The predicted molar refractivity (Wildman–Crippen MR) is 85.7 cm³/mol. The van der Waals surface area contributed by atoms with Gasteiger partial charge in [-0.15, -0.1) is 10.2 Å². The molecule has 23 heavy (non-hydrogen) atoms. The number of carbonyl (C=O) groups excluding carboxylic acids is 1. The van der Waals surface area contributed by atoms with Crippen LogP contribution >= 0.6 is 0 Å². The molecule has 0 aromatic carbocycles. The van der Waals surface area contributed by atoms with Gasteiger partial charge in [-0.25, -0.2) is 0 Å². The van der Waals surface area contributed by atoms with E-state index < -0.39 is 0 Å². The van der Waals surface area contributed by atoms with Crippen molar-refractivity contribution in [2.24, 2.45) is 11.8 Å². The summed E-state index contributed by atoms with van der Waals surface area (Å²) in [5.74, 6) is 1.00. The number of aromatic nitrogens is 3. The molecule has 0 unspecified atom stereocenters. The third-order valence-corrected chi connectivity index (χ3v) is 5.01. The Bertz CT molecular complexity index is 465. The van der Waals surface area contributed by atoms with Gasteiger partial charge in [0.15, 0.2) is 0 Å². The maximum absolute atomic E-state index is 12.1. The normalized spacial score (nSPS) is 21.4. The van der Waals surface area contributed by atoms with Crippen molar-refractivity contribution in [2.45, 2.75) is 32.2 Å². The summed E-state index contributed by atoms with van der Waals surface area (Å²) >= 11 is 0. The topological polar surface area (TPSA) is 72.3 Å². The molecular formula is C16H27N5O2. The molecule has 3 heterocycles. The fourth-order valence-electron chi connectivity index (χ4n) is 3.36. The molecule has 0 radical (unpaired) electrons. The molecule has 1 N–H and O–H groups in total. The summed E-state index contributed by atoms with van der Waals surface area (Å²) in [5.41, 5.74) is 0. The van der Waals surface area contributed by atoms with Crippen molar-refractivity contribution in [1.82, 2.24) is 25.0 Å². The second-order valence-corrected chi connectivity index (χ2v) is 6.62. The van der Waals surface area contributed by atoms with Crippen molar-refractivity contribution >= 4 is 5.91 Å². The molecule has 2 aliphatic rings. The van der Waals surface area contributed by atoms with Crippen LogP contribution in [0.25, 0.3) is 0 Å². The Morgan fingerprint density at radius 2 is 1.78 bits per heavy atom. The number of ether oxygens (including phenoxy) is 1.